The van der Waals surface area contributed by atoms with Crippen molar-refractivity contribution in [3.8, 4) is 5.75 Å². The van der Waals surface area contributed by atoms with E-state index in [2.05, 4.69) is 14.7 Å². The molecule has 0 aliphatic rings. The van der Waals surface area contributed by atoms with E-state index in [1.54, 1.807) is 0 Å². The first kappa shape index (κ1) is 8.55. The molecule has 5 heteroatoms. The van der Waals surface area contributed by atoms with Gasteiger partial charge in [0.1, 0.15) is 11.3 Å². The minimum atomic E-state index is -0.570. The number of rotatable bonds is 1. The van der Waals surface area contributed by atoms with Crippen LogP contribution in [0.3, 0.4) is 0 Å². The van der Waals surface area contributed by atoms with Gasteiger partial charge in [-0.25, -0.2) is 9.78 Å². The number of methoxy groups -OCH3 is 1. The molecule has 0 amide bonds. The fourth-order valence-corrected chi connectivity index (χ4v) is 1.24. The van der Waals surface area contributed by atoms with Gasteiger partial charge >= 0.3 is 5.97 Å². The van der Waals surface area contributed by atoms with Crippen LogP contribution in [0.4, 0.5) is 0 Å². The van der Waals surface area contributed by atoms with Crippen molar-refractivity contribution < 1.29 is 14.6 Å². The van der Waals surface area contributed by atoms with Crippen LogP contribution in [0.5, 0.6) is 5.75 Å². The number of nitrogens with one attached hydrogen (secondary N) is 1. The zero-order valence-electron chi connectivity index (χ0n) is 7.44. The third-order valence-electron chi connectivity index (χ3n) is 1.94. The zero-order chi connectivity index (χ0) is 10.1. The van der Waals surface area contributed by atoms with E-state index >= 15 is 0 Å². The Balaban J connectivity index is 2.64. The normalized spacial score (nSPS) is 10.4. The number of carbonyl (C=O) groups is 1. The number of imidazole rings is 1. The van der Waals surface area contributed by atoms with Gasteiger partial charge in [0.05, 0.1) is 24.5 Å². The van der Waals surface area contributed by atoms with Crippen LogP contribution < -0.4 is 0 Å². The molecule has 1 aromatic heterocycles. The quantitative estimate of drug-likeness (QED) is 0.662. The van der Waals surface area contributed by atoms with Gasteiger partial charge in [-0.2, -0.15) is 0 Å². The maximum atomic E-state index is 11.2. The average molecular weight is 192 g/mol. The van der Waals surface area contributed by atoms with Gasteiger partial charge in [0.25, 0.3) is 0 Å². The number of aromatic hydroxyl groups is 1. The number of hydrogen-bond acceptors (Lipinski definition) is 4. The van der Waals surface area contributed by atoms with Crippen molar-refractivity contribution in [2.24, 2.45) is 0 Å². The molecule has 1 heterocycles. The number of esters is 1. The topological polar surface area (TPSA) is 75.2 Å². The molecule has 2 N–H and O–H groups in total. The number of aromatic nitrogens is 2. The predicted molar refractivity (Wildman–Crippen MR) is 49.1 cm³/mol. The fourth-order valence-electron chi connectivity index (χ4n) is 1.24. The molecule has 0 saturated carbocycles. The second-order valence-corrected chi connectivity index (χ2v) is 2.78. The summed E-state index contributed by atoms with van der Waals surface area (Å²) in [6.45, 7) is 0. The molecule has 5 nitrogen and oxygen atoms in total. The number of benzene rings is 1. The van der Waals surface area contributed by atoms with Gasteiger partial charge in [0, 0.05) is 6.07 Å². The lowest BCUT2D eigenvalue weighted by molar-refractivity contribution is 0.0597. The molecule has 2 rings (SSSR count). The number of H-pyrrole nitrogens is 1. The molecule has 14 heavy (non-hydrogen) atoms. The van der Waals surface area contributed by atoms with E-state index in [4.69, 9.17) is 0 Å². The number of aromatic amines is 1. The van der Waals surface area contributed by atoms with Crippen molar-refractivity contribution in [3.63, 3.8) is 0 Å². The molecule has 0 radical (unpaired) electrons. The number of phenols is 1. The maximum absolute atomic E-state index is 11.2. The van der Waals surface area contributed by atoms with Crippen molar-refractivity contribution in [2.75, 3.05) is 7.11 Å². The van der Waals surface area contributed by atoms with E-state index in [0.717, 1.165) is 0 Å². The second-order valence-electron chi connectivity index (χ2n) is 2.78. The van der Waals surface area contributed by atoms with Crippen LogP contribution in [0.2, 0.25) is 0 Å². The largest absolute Gasteiger partial charge is 0.507 e. The molecule has 0 unspecified atom stereocenters. The minimum Gasteiger partial charge on any atom is -0.507 e. The summed E-state index contributed by atoms with van der Waals surface area (Å²) in [7, 11) is 1.26. The molecule has 0 fully saturated rings. The zero-order valence-corrected chi connectivity index (χ0v) is 7.44. The maximum Gasteiger partial charge on any atom is 0.341 e. The smallest absolute Gasteiger partial charge is 0.341 e. The highest BCUT2D eigenvalue weighted by Gasteiger charge is 2.13. The second kappa shape index (κ2) is 3.02. The van der Waals surface area contributed by atoms with Gasteiger partial charge in [-0.05, 0) is 6.07 Å². The Bertz CT molecular complexity index is 490. The number of phenolic OH excluding ortho intramolecular Hbond substituents is 1. The van der Waals surface area contributed by atoms with Gasteiger partial charge in [0.2, 0.25) is 0 Å². The Hall–Kier alpha value is -2.04. The van der Waals surface area contributed by atoms with E-state index in [-0.39, 0.29) is 11.3 Å². The molecule has 1 aromatic carbocycles. The van der Waals surface area contributed by atoms with Crippen molar-refractivity contribution >= 4 is 17.0 Å². The van der Waals surface area contributed by atoms with Crippen LogP contribution in [-0.4, -0.2) is 28.2 Å². The van der Waals surface area contributed by atoms with Crippen LogP contribution in [0, 0.1) is 0 Å². The first-order chi connectivity index (χ1) is 6.72. The Morgan fingerprint density at radius 1 is 1.57 bits per heavy atom. The Morgan fingerprint density at radius 2 is 2.36 bits per heavy atom. The van der Waals surface area contributed by atoms with Crippen LogP contribution >= 0.6 is 0 Å². The summed E-state index contributed by atoms with van der Waals surface area (Å²) in [5.74, 6) is -0.699. The lowest BCUT2D eigenvalue weighted by Gasteiger charge is -2.01. The Labute approximate surface area is 79.3 Å². The van der Waals surface area contributed by atoms with E-state index in [1.807, 2.05) is 0 Å². The summed E-state index contributed by atoms with van der Waals surface area (Å²) in [5, 5.41) is 9.47. The van der Waals surface area contributed by atoms with Crippen LogP contribution in [0.1, 0.15) is 10.4 Å². The van der Waals surface area contributed by atoms with Crippen LogP contribution in [0.15, 0.2) is 18.5 Å². The summed E-state index contributed by atoms with van der Waals surface area (Å²) in [6.07, 6.45) is 1.49. The highest BCUT2D eigenvalue weighted by Crippen LogP contribution is 2.23. The lowest BCUT2D eigenvalue weighted by Crippen LogP contribution is -2.01. The first-order valence-electron chi connectivity index (χ1n) is 3.97. The molecule has 0 atom stereocenters. The van der Waals surface area contributed by atoms with Crippen molar-refractivity contribution in [1.29, 1.82) is 0 Å². The minimum absolute atomic E-state index is 0.128. The molecule has 0 saturated heterocycles. The molecule has 2 aromatic rings. The third kappa shape index (κ3) is 1.19. The van der Waals surface area contributed by atoms with Crippen molar-refractivity contribution in [1.82, 2.24) is 9.97 Å². The number of nitrogens with zero attached hydrogens (tertiary/aromatic N) is 1. The summed E-state index contributed by atoms with van der Waals surface area (Å²) in [6, 6.07) is 2.92. The van der Waals surface area contributed by atoms with E-state index < -0.39 is 5.97 Å². The van der Waals surface area contributed by atoms with Crippen LogP contribution in [-0.2, 0) is 4.74 Å². The summed E-state index contributed by atoms with van der Waals surface area (Å²) < 4.78 is 4.51. The van der Waals surface area contributed by atoms with Crippen molar-refractivity contribution in [2.45, 2.75) is 0 Å². The predicted octanol–water partition coefficient (Wildman–Crippen LogP) is 1.06. The summed E-state index contributed by atoms with van der Waals surface area (Å²) >= 11 is 0. The number of hydrogen-bond donors (Lipinski definition) is 2. The van der Waals surface area contributed by atoms with Gasteiger partial charge in [-0.1, -0.05) is 0 Å². The van der Waals surface area contributed by atoms with E-state index in [1.165, 1.54) is 25.6 Å². The standard InChI is InChI=1S/C9H8N2O3/c1-14-9(13)5-2-6-7(3-8(5)12)11-4-10-6/h2-4,12H,1H3,(H,10,11). The molecule has 0 aliphatic heterocycles. The molecular formula is C9H8N2O3. The van der Waals surface area contributed by atoms with Gasteiger partial charge in [-0.15, -0.1) is 0 Å². The van der Waals surface area contributed by atoms with E-state index in [0.29, 0.717) is 11.0 Å². The molecule has 0 aliphatic carbocycles. The first-order valence-corrected chi connectivity index (χ1v) is 3.97. The SMILES string of the molecule is COC(=O)c1cc2[nH]cnc2cc1O. The number of ether oxygens (including phenoxy) is 1. The number of carbonyl (C=O) groups excluding carboxylic acids is 1. The van der Waals surface area contributed by atoms with Crippen molar-refractivity contribution in [3.05, 3.63) is 24.0 Å². The fraction of sp³-hybridized carbons (Fsp3) is 0.111. The highest BCUT2D eigenvalue weighted by atomic mass is 16.5. The van der Waals surface area contributed by atoms with Gasteiger partial charge in [0.15, 0.2) is 0 Å². The van der Waals surface area contributed by atoms with Gasteiger partial charge in [-0.3, -0.25) is 0 Å². The molecule has 0 bridgehead atoms. The average Bonchev–Trinajstić information content (AvgIpc) is 2.62. The Kier molecular flexibility index (Phi) is 1.85. The lowest BCUT2D eigenvalue weighted by atomic mass is 10.2. The molecule has 72 valence electrons. The van der Waals surface area contributed by atoms with Gasteiger partial charge < -0.3 is 14.8 Å². The summed E-state index contributed by atoms with van der Waals surface area (Å²) in [4.78, 5) is 18.0. The van der Waals surface area contributed by atoms with E-state index in [9.17, 15) is 9.90 Å². The number of fused-ring (bicyclic) bond motifs is 1. The third-order valence-corrected chi connectivity index (χ3v) is 1.94. The monoisotopic (exact) mass is 192 g/mol. The Morgan fingerprint density at radius 3 is 3.07 bits per heavy atom. The van der Waals surface area contributed by atoms with Crippen LogP contribution in [0.25, 0.3) is 11.0 Å². The molecule has 0 spiro atoms. The summed E-state index contributed by atoms with van der Waals surface area (Å²) in [5.41, 5.74) is 1.42. The highest BCUT2D eigenvalue weighted by molar-refractivity contribution is 5.96. The molecular weight excluding hydrogens is 184 g/mol.